The highest BCUT2D eigenvalue weighted by atomic mass is 31.2. The molecule has 0 aromatic heterocycles. The Kier molecular flexibility index (Phi) is 7.92. The Labute approximate surface area is 139 Å². The molecule has 138 valence electrons. The van der Waals surface area contributed by atoms with E-state index in [2.05, 4.69) is 0 Å². The predicted octanol–water partition coefficient (Wildman–Crippen LogP) is 2.89. The molecule has 0 fully saturated rings. The Morgan fingerprint density at radius 1 is 1.17 bits per heavy atom. The molecule has 7 nitrogen and oxygen atoms in total. The van der Waals surface area contributed by atoms with Crippen LogP contribution in [0.25, 0.3) is 0 Å². The van der Waals surface area contributed by atoms with Gasteiger partial charge < -0.3 is 14.5 Å². The van der Waals surface area contributed by atoms with Crippen LogP contribution < -0.4 is 0 Å². The molecule has 2 N–H and O–H groups in total. The third-order valence-electron chi connectivity index (χ3n) is 4.16. The maximum Gasteiger partial charge on any atom is 0.472 e. The number of likely N-dealkylation sites (N-methyl/N-ethyl adjacent to an activating group) is 1. The zero-order valence-electron chi connectivity index (χ0n) is 15.5. The summed E-state index contributed by atoms with van der Waals surface area (Å²) in [4.78, 5) is 21.4. The first-order valence-corrected chi connectivity index (χ1v) is 9.40. The number of carboxylic acids is 1. The Balaban J connectivity index is 4.95. The molecule has 0 spiro atoms. The van der Waals surface area contributed by atoms with E-state index in [4.69, 9.17) is 9.05 Å². The lowest BCUT2D eigenvalue weighted by atomic mass is 9.76. The molecule has 0 radical (unpaired) electrons. The van der Waals surface area contributed by atoms with Crippen LogP contribution in [-0.4, -0.2) is 60.3 Å². The molecule has 0 heterocycles. The lowest BCUT2D eigenvalue weighted by Crippen LogP contribution is -2.39. The van der Waals surface area contributed by atoms with E-state index in [1.165, 1.54) is 0 Å². The fourth-order valence-electron chi connectivity index (χ4n) is 2.13. The molecule has 0 rings (SSSR count). The lowest BCUT2D eigenvalue weighted by molar-refractivity contribution is -0.870. The number of hydrogen-bond acceptors (Lipinski definition) is 4. The first kappa shape index (κ1) is 22.5. The van der Waals surface area contributed by atoms with E-state index >= 15 is 0 Å². The van der Waals surface area contributed by atoms with E-state index in [9.17, 15) is 19.4 Å². The maximum atomic E-state index is 12.2. The monoisotopic (exact) mass is 354 g/mol. The smallest absolute Gasteiger partial charge is 0.472 e. The number of aliphatic carboxylic acids is 1. The third-order valence-corrected chi connectivity index (χ3v) is 5.34. The first-order chi connectivity index (χ1) is 10.2. The fourth-order valence-corrected chi connectivity index (χ4v) is 3.25. The average Bonchev–Trinajstić information content (AvgIpc) is 2.35. The van der Waals surface area contributed by atoms with Crippen LogP contribution in [0, 0.1) is 5.41 Å². The number of carbonyl (C=O) groups is 1. The van der Waals surface area contributed by atoms with Crippen molar-refractivity contribution < 1.29 is 32.9 Å². The van der Waals surface area contributed by atoms with Gasteiger partial charge in [-0.05, 0) is 33.1 Å². The van der Waals surface area contributed by atoms with Gasteiger partial charge in [-0.3, -0.25) is 13.8 Å². The van der Waals surface area contributed by atoms with Gasteiger partial charge in [-0.1, -0.05) is 13.8 Å². The number of phosphoric ester groups is 1. The van der Waals surface area contributed by atoms with Crippen LogP contribution in [-0.2, 0) is 18.4 Å². The van der Waals surface area contributed by atoms with Crippen molar-refractivity contribution in [2.75, 3.05) is 34.3 Å². The van der Waals surface area contributed by atoms with E-state index in [-0.39, 0.29) is 13.0 Å². The van der Waals surface area contributed by atoms with Crippen LogP contribution in [0.4, 0.5) is 0 Å². The molecule has 0 saturated carbocycles. The summed E-state index contributed by atoms with van der Waals surface area (Å²) in [6.45, 7) is 7.48. The van der Waals surface area contributed by atoms with Crippen molar-refractivity contribution in [3.8, 4) is 0 Å². The summed E-state index contributed by atoms with van der Waals surface area (Å²) < 4.78 is 23.2. The normalized spacial score (nSPS) is 20.3. The highest BCUT2D eigenvalue weighted by molar-refractivity contribution is 7.47. The second kappa shape index (κ2) is 8.08. The van der Waals surface area contributed by atoms with Gasteiger partial charge in [-0.25, -0.2) is 4.57 Å². The second-order valence-electron chi connectivity index (χ2n) is 7.61. The Hall–Kier alpha value is -0.460. The molecule has 23 heavy (non-hydrogen) atoms. The van der Waals surface area contributed by atoms with Crippen molar-refractivity contribution in [1.29, 1.82) is 0 Å². The van der Waals surface area contributed by atoms with Gasteiger partial charge in [0.1, 0.15) is 13.2 Å². The van der Waals surface area contributed by atoms with Crippen LogP contribution in [0.2, 0.25) is 0 Å². The lowest BCUT2D eigenvalue weighted by Gasteiger charge is -2.36. The maximum absolute atomic E-state index is 12.2. The Bertz CT molecular complexity index is 450. The second-order valence-corrected chi connectivity index (χ2v) is 8.98. The molecule has 0 aliphatic carbocycles. The minimum atomic E-state index is -4.25. The van der Waals surface area contributed by atoms with Gasteiger partial charge in [0.15, 0.2) is 0 Å². The number of hydrogen-bond donors (Lipinski definition) is 2. The number of quaternary nitrogens is 1. The largest absolute Gasteiger partial charge is 0.481 e. The van der Waals surface area contributed by atoms with Crippen molar-refractivity contribution in [1.82, 2.24) is 0 Å². The third kappa shape index (κ3) is 8.27. The van der Waals surface area contributed by atoms with E-state index in [1.807, 2.05) is 21.1 Å². The first-order valence-electron chi connectivity index (χ1n) is 7.90. The zero-order chi connectivity index (χ0) is 18.5. The molecule has 0 aliphatic rings. The molecule has 8 heteroatoms. The molecule has 3 atom stereocenters. The predicted molar refractivity (Wildman–Crippen MR) is 89.1 cm³/mol. The van der Waals surface area contributed by atoms with Gasteiger partial charge >= 0.3 is 13.8 Å². The molecule has 3 unspecified atom stereocenters. The molecule has 0 aromatic carbocycles. The van der Waals surface area contributed by atoms with Crippen LogP contribution in [0.3, 0.4) is 0 Å². The van der Waals surface area contributed by atoms with Crippen molar-refractivity contribution >= 4 is 13.8 Å². The van der Waals surface area contributed by atoms with Gasteiger partial charge in [0, 0.05) is 0 Å². The standard InChI is InChI=1S/C15H32NO6P/c1-8-14(3,13(17)18)12-15(4,9-2)22-23(19,20)21-11-10-16(5,6)7/h8-12H2,1-7H3,(H-,17,18,19,20)/p+1. The van der Waals surface area contributed by atoms with Crippen LogP contribution >= 0.6 is 7.82 Å². The fraction of sp³-hybridized carbons (Fsp3) is 0.933. The summed E-state index contributed by atoms with van der Waals surface area (Å²) in [6, 6.07) is 0. The van der Waals surface area contributed by atoms with Gasteiger partial charge in [0.25, 0.3) is 0 Å². The summed E-state index contributed by atoms with van der Waals surface area (Å²) in [5.41, 5.74) is -2.07. The summed E-state index contributed by atoms with van der Waals surface area (Å²) >= 11 is 0. The van der Waals surface area contributed by atoms with Crippen molar-refractivity contribution in [3.05, 3.63) is 0 Å². The minimum Gasteiger partial charge on any atom is -0.481 e. The summed E-state index contributed by atoms with van der Waals surface area (Å²) in [5, 5.41) is 9.40. The highest BCUT2D eigenvalue weighted by Gasteiger charge is 2.43. The van der Waals surface area contributed by atoms with E-state index in [1.54, 1.807) is 27.7 Å². The summed E-state index contributed by atoms with van der Waals surface area (Å²) in [7, 11) is 1.59. The molecule has 0 saturated heterocycles. The van der Waals surface area contributed by atoms with Crippen LogP contribution in [0.1, 0.15) is 47.0 Å². The van der Waals surface area contributed by atoms with Crippen molar-refractivity contribution in [2.24, 2.45) is 5.41 Å². The average molecular weight is 354 g/mol. The Morgan fingerprint density at radius 3 is 2.04 bits per heavy atom. The molecular formula is C15H33NO6P+. The Morgan fingerprint density at radius 2 is 1.70 bits per heavy atom. The SMILES string of the molecule is CCC(C)(CC(C)(CC)C(=O)O)OP(=O)(O)OCC[N+](C)(C)C. The van der Waals surface area contributed by atoms with Gasteiger partial charge in [-0.15, -0.1) is 0 Å². The van der Waals surface area contributed by atoms with Crippen LogP contribution in [0.5, 0.6) is 0 Å². The molecule has 0 aliphatic heterocycles. The number of carboxylic acid groups (broad SMARTS) is 1. The van der Waals surface area contributed by atoms with Gasteiger partial charge in [0.2, 0.25) is 0 Å². The molecule has 0 amide bonds. The van der Waals surface area contributed by atoms with Crippen LogP contribution in [0.15, 0.2) is 0 Å². The summed E-state index contributed by atoms with van der Waals surface area (Å²) in [5.74, 6) is -0.943. The minimum absolute atomic E-state index is 0.0844. The van der Waals surface area contributed by atoms with Crippen molar-refractivity contribution in [2.45, 2.75) is 52.6 Å². The highest BCUT2D eigenvalue weighted by Crippen LogP contribution is 2.51. The quantitative estimate of drug-likeness (QED) is 0.438. The number of phosphoric acid groups is 1. The van der Waals surface area contributed by atoms with Crippen molar-refractivity contribution in [3.63, 3.8) is 0 Å². The topological polar surface area (TPSA) is 93.1 Å². The van der Waals surface area contributed by atoms with E-state index in [0.717, 1.165) is 0 Å². The molecule has 0 bridgehead atoms. The van der Waals surface area contributed by atoms with E-state index in [0.29, 0.717) is 23.9 Å². The number of rotatable bonds is 11. The zero-order valence-corrected chi connectivity index (χ0v) is 16.4. The van der Waals surface area contributed by atoms with Gasteiger partial charge in [0.05, 0.1) is 32.2 Å². The number of nitrogens with zero attached hydrogens (tertiary/aromatic N) is 1. The summed E-state index contributed by atoms with van der Waals surface area (Å²) in [6.07, 6.45) is 0.935. The van der Waals surface area contributed by atoms with Gasteiger partial charge in [-0.2, -0.15) is 0 Å². The van der Waals surface area contributed by atoms with E-state index < -0.39 is 24.8 Å². The molecular weight excluding hydrogens is 321 g/mol. The molecule has 0 aromatic rings.